The molecule has 0 bridgehead atoms. The Bertz CT molecular complexity index is 535. The smallest absolute Gasteiger partial charge is 0.236 e. The highest BCUT2D eigenvalue weighted by Gasteiger charge is 2.05. The largest absolute Gasteiger partial charge is 0.348 e. The standard InChI is InChI=1S/C13H17N5O/c1-17(2)13(19)10-14-8-11-9-15-18(16-11)12-6-4-3-5-7-12/h3-7,9,14H,8,10H2,1-2H3. The van der Waals surface area contributed by atoms with Gasteiger partial charge < -0.3 is 10.2 Å². The number of nitrogens with zero attached hydrogens (tertiary/aromatic N) is 4. The normalized spacial score (nSPS) is 10.4. The van der Waals surface area contributed by atoms with Crippen molar-refractivity contribution in [3.63, 3.8) is 0 Å². The monoisotopic (exact) mass is 259 g/mol. The number of para-hydroxylation sites is 1. The summed E-state index contributed by atoms with van der Waals surface area (Å²) >= 11 is 0. The summed E-state index contributed by atoms with van der Waals surface area (Å²) in [6, 6.07) is 9.70. The molecule has 0 aliphatic heterocycles. The SMILES string of the molecule is CN(C)C(=O)CNCc1cnn(-c2ccccc2)n1. The van der Waals surface area contributed by atoms with Crippen LogP contribution < -0.4 is 5.32 Å². The Balaban J connectivity index is 1.90. The topological polar surface area (TPSA) is 63.1 Å². The number of benzene rings is 1. The Kier molecular flexibility index (Phi) is 4.25. The number of hydrogen-bond acceptors (Lipinski definition) is 4. The maximum absolute atomic E-state index is 11.4. The first kappa shape index (κ1) is 13.2. The second-order valence-corrected chi connectivity index (χ2v) is 4.35. The van der Waals surface area contributed by atoms with E-state index in [0.29, 0.717) is 13.1 Å². The molecule has 0 fully saturated rings. The molecule has 100 valence electrons. The van der Waals surface area contributed by atoms with Crippen LogP contribution in [0.4, 0.5) is 0 Å². The van der Waals surface area contributed by atoms with Crippen LogP contribution >= 0.6 is 0 Å². The van der Waals surface area contributed by atoms with Gasteiger partial charge >= 0.3 is 0 Å². The molecule has 0 aliphatic rings. The third-order valence-corrected chi connectivity index (χ3v) is 2.61. The molecular weight excluding hydrogens is 242 g/mol. The predicted octanol–water partition coefficient (Wildman–Crippen LogP) is 0.445. The van der Waals surface area contributed by atoms with Crippen molar-refractivity contribution in [2.75, 3.05) is 20.6 Å². The summed E-state index contributed by atoms with van der Waals surface area (Å²) in [6.07, 6.45) is 1.69. The predicted molar refractivity (Wildman–Crippen MR) is 71.8 cm³/mol. The zero-order chi connectivity index (χ0) is 13.7. The lowest BCUT2D eigenvalue weighted by atomic mass is 10.3. The quantitative estimate of drug-likeness (QED) is 0.846. The second kappa shape index (κ2) is 6.10. The molecule has 0 atom stereocenters. The zero-order valence-electron chi connectivity index (χ0n) is 11.1. The zero-order valence-corrected chi connectivity index (χ0v) is 11.1. The number of aromatic nitrogens is 3. The van der Waals surface area contributed by atoms with Crippen molar-refractivity contribution in [1.82, 2.24) is 25.2 Å². The molecule has 2 aromatic rings. The highest BCUT2D eigenvalue weighted by molar-refractivity contribution is 5.77. The Hall–Kier alpha value is -2.21. The summed E-state index contributed by atoms with van der Waals surface area (Å²) in [5.74, 6) is 0.0375. The molecule has 1 heterocycles. The van der Waals surface area contributed by atoms with Crippen molar-refractivity contribution < 1.29 is 4.79 Å². The minimum Gasteiger partial charge on any atom is -0.348 e. The van der Waals surface area contributed by atoms with Crippen LogP contribution in [0.3, 0.4) is 0 Å². The van der Waals surface area contributed by atoms with Gasteiger partial charge in [0.05, 0.1) is 24.1 Å². The van der Waals surface area contributed by atoms with Gasteiger partial charge in [-0.25, -0.2) is 0 Å². The van der Waals surface area contributed by atoms with E-state index in [2.05, 4.69) is 15.5 Å². The average Bonchev–Trinajstić information content (AvgIpc) is 2.88. The maximum atomic E-state index is 11.4. The van der Waals surface area contributed by atoms with Crippen LogP contribution in [0.1, 0.15) is 5.69 Å². The first-order chi connectivity index (χ1) is 9.16. The Labute approximate surface area is 112 Å². The summed E-state index contributed by atoms with van der Waals surface area (Å²) in [5.41, 5.74) is 1.72. The van der Waals surface area contributed by atoms with Gasteiger partial charge in [-0.05, 0) is 12.1 Å². The van der Waals surface area contributed by atoms with Crippen molar-refractivity contribution in [1.29, 1.82) is 0 Å². The van der Waals surface area contributed by atoms with E-state index in [0.717, 1.165) is 11.4 Å². The maximum Gasteiger partial charge on any atom is 0.236 e. The van der Waals surface area contributed by atoms with E-state index in [1.807, 2.05) is 30.3 Å². The lowest BCUT2D eigenvalue weighted by molar-refractivity contribution is -0.127. The van der Waals surface area contributed by atoms with Crippen LogP contribution in [0.25, 0.3) is 5.69 Å². The molecule has 0 spiro atoms. The van der Waals surface area contributed by atoms with Gasteiger partial charge in [-0.15, -0.1) is 0 Å². The van der Waals surface area contributed by atoms with Crippen LogP contribution in [0, 0.1) is 0 Å². The fourth-order valence-corrected chi connectivity index (χ4v) is 1.52. The Morgan fingerprint density at radius 3 is 2.74 bits per heavy atom. The molecule has 0 unspecified atom stereocenters. The number of nitrogens with one attached hydrogen (secondary N) is 1. The molecule has 1 N–H and O–H groups in total. The summed E-state index contributed by atoms with van der Waals surface area (Å²) in [5, 5.41) is 11.6. The van der Waals surface area contributed by atoms with Crippen molar-refractivity contribution in [3.05, 3.63) is 42.2 Å². The molecule has 1 amide bonds. The van der Waals surface area contributed by atoms with Crippen molar-refractivity contribution in [3.8, 4) is 5.69 Å². The van der Waals surface area contributed by atoms with Crippen LogP contribution in [0.15, 0.2) is 36.5 Å². The number of carbonyl (C=O) groups is 1. The van der Waals surface area contributed by atoms with E-state index in [4.69, 9.17) is 0 Å². The van der Waals surface area contributed by atoms with Crippen LogP contribution in [0.5, 0.6) is 0 Å². The van der Waals surface area contributed by atoms with Gasteiger partial charge in [-0.1, -0.05) is 18.2 Å². The summed E-state index contributed by atoms with van der Waals surface area (Å²) in [4.78, 5) is 14.5. The van der Waals surface area contributed by atoms with Crippen molar-refractivity contribution in [2.45, 2.75) is 6.54 Å². The number of amides is 1. The van der Waals surface area contributed by atoms with E-state index < -0.39 is 0 Å². The minimum absolute atomic E-state index is 0.0375. The van der Waals surface area contributed by atoms with E-state index >= 15 is 0 Å². The van der Waals surface area contributed by atoms with Crippen LogP contribution in [-0.2, 0) is 11.3 Å². The molecule has 1 aromatic heterocycles. The molecule has 0 saturated heterocycles. The summed E-state index contributed by atoms with van der Waals surface area (Å²) < 4.78 is 0. The van der Waals surface area contributed by atoms with Gasteiger partial charge in [-0.2, -0.15) is 15.0 Å². The van der Waals surface area contributed by atoms with E-state index in [-0.39, 0.29) is 5.91 Å². The molecule has 6 nitrogen and oxygen atoms in total. The first-order valence-corrected chi connectivity index (χ1v) is 6.04. The molecule has 2 rings (SSSR count). The fraction of sp³-hybridized carbons (Fsp3) is 0.308. The number of rotatable bonds is 5. The van der Waals surface area contributed by atoms with Gasteiger partial charge in [0.15, 0.2) is 0 Å². The second-order valence-electron chi connectivity index (χ2n) is 4.35. The summed E-state index contributed by atoms with van der Waals surface area (Å²) in [7, 11) is 3.46. The van der Waals surface area contributed by atoms with E-state index in [1.54, 1.807) is 30.0 Å². The molecule has 1 aromatic carbocycles. The Morgan fingerprint density at radius 1 is 1.32 bits per heavy atom. The van der Waals surface area contributed by atoms with E-state index in [1.165, 1.54) is 0 Å². The number of likely N-dealkylation sites (N-methyl/N-ethyl adjacent to an activating group) is 1. The van der Waals surface area contributed by atoms with Gasteiger partial charge in [-0.3, -0.25) is 4.79 Å². The lowest BCUT2D eigenvalue weighted by Gasteiger charge is -2.09. The van der Waals surface area contributed by atoms with E-state index in [9.17, 15) is 4.79 Å². The van der Waals surface area contributed by atoms with Gasteiger partial charge in [0.1, 0.15) is 0 Å². The van der Waals surface area contributed by atoms with Crippen LogP contribution in [0.2, 0.25) is 0 Å². The van der Waals surface area contributed by atoms with Gasteiger partial charge in [0.2, 0.25) is 5.91 Å². The van der Waals surface area contributed by atoms with Crippen molar-refractivity contribution in [2.24, 2.45) is 0 Å². The third kappa shape index (κ3) is 3.62. The van der Waals surface area contributed by atoms with Crippen molar-refractivity contribution >= 4 is 5.91 Å². The highest BCUT2D eigenvalue weighted by Crippen LogP contribution is 2.03. The van der Waals surface area contributed by atoms with Gasteiger partial charge in [0.25, 0.3) is 0 Å². The molecule has 0 saturated carbocycles. The average molecular weight is 259 g/mol. The Morgan fingerprint density at radius 2 is 2.05 bits per heavy atom. The van der Waals surface area contributed by atoms with Crippen LogP contribution in [-0.4, -0.2) is 46.4 Å². The molecule has 0 radical (unpaired) electrons. The fourth-order valence-electron chi connectivity index (χ4n) is 1.52. The third-order valence-electron chi connectivity index (χ3n) is 2.61. The highest BCUT2D eigenvalue weighted by atomic mass is 16.2. The first-order valence-electron chi connectivity index (χ1n) is 6.04. The van der Waals surface area contributed by atoms with Gasteiger partial charge in [0, 0.05) is 20.6 Å². The lowest BCUT2D eigenvalue weighted by Crippen LogP contribution is -2.32. The molecule has 0 aliphatic carbocycles. The minimum atomic E-state index is 0.0375. The summed E-state index contributed by atoms with van der Waals surface area (Å²) in [6.45, 7) is 0.817. The molecule has 6 heteroatoms. The molecule has 19 heavy (non-hydrogen) atoms. The number of carbonyl (C=O) groups excluding carboxylic acids is 1. The number of hydrogen-bond donors (Lipinski definition) is 1. The molecular formula is C13H17N5O.